The Hall–Kier alpha value is -6.85. The Morgan fingerprint density at radius 1 is 0.625 bits per heavy atom. The summed E-state index contributed by atoms with van der Waals surface area (Å²) in [7, 11) is 0. The van der Waals surface area contributed by atoms with Gasteiger partial charge in [-0.05, 0) is 101 Å². The summed E-state index contributed by atoms with van der Waals surface area (Å²) in [6.07, 6.45) is -4.32. The fourth-order valence-electron chi connectivity index (χ4n) is 8.53. The predicted molar refractivity (Wildman–Crippen MR) is 296 cm³/mol. The maximum Gasteiger partial charge on any atom is 0.245 e. The van der Waals surface area contributed by atoms with Gasteiger partial charge in [0, 0.05) is 36.9 Å². The topological polar surface area (TPSA) is 462 Å². The lowest BCUT2D eigenvalue weighted by Gasteiger charge is -2.28. The number of aliphatic hydroxyl groups is 2. The van der Waals surface area contributed by atoms with Crippen LogP contribution in [0, 0.1) is 5.92 Å². The van der Waals surface area contributed by atoms with E-state index >= 15 is 0 Å². The van der Waals surface area contributed by atoms with E-state index in [9.17, 15) is 58.2 Å². The van der Waals surface area contributed by atoms with Crippen LogP contribution in [0.5, 0.6) is 0 Å². The van der Waals surface area contributed by atoms with Crippen molar-refractivity contribution in [2.24, 2.45) is 34.6 Å². The first kappa shape index (κ1) is 67.4. The zero-order valence-corrected chi connectivity index (χ0v) is 46.4. The van der Waals surface area contributed by atoms with Crippen LogP contribution >= 0.6 is 11.6 Å². The van der Waals surface area contributed by atoms with Crippen molar-refractivity contribution in [1.82, 2.24) is 53.2 Å². The van der Waals surface area contributed by atoms with E-state index in [1.165, 1.54) is 13.8 Å². The van der Waals surface area contributed by atoms with Gasteiger partial charge in [0.1, 0.15) is 54.4 Å². The second-order valence-electron chi connectivity index (χ2n) is 20.0. The van der Waals surface area contributed by atoms with Crippen LogP contribution in [0.25, 0.3) is 0 Å². The van der Waals surface area contributed by atoms with Gasteiger partial charge in [-0.2, -0.15) is 0 Å². The average molecular weight is 1140 g/mol. The Morgan fingerprint density at radius 2 is 1.15 bits per heavy atom. The van der Waals surface area contributed by atoms with Crippen molar-refractivity contribution < 1.29 is 58.2 Å². The number of hydrogen-bond acceptors (Lipinski definition) is 17. The quantitative estimate of drug-likeness (QED) is 0.0524. The molecule has 3 rings (SSSR count). The fraction of sp³-hybridized carbons (Fsp3) is 0.577. The van der Waals surface area contributed by atoms with Crippen molar-refractivity contribution in [3.8, 4) is 0 Å². The first-order chi connectivity index (χ1) is 38.0. The molecule has 28 heteroatoms. The molecule has 0 saturated carbocycles. The van der Waals surface area contributed by atoms with Crippen LogP contribution in [0.3, 0.4) is 0 Å². The van der Waals surface area contributed by atoms with Crippen LogP contribution in [0.15, 0.2) is 54.6 Å². The maximum absolute atomic E-state index is 14.4. The second kappa shape index (κ2) is 34.3. The van der Waals surface area contributed by atoms with Gasteiger partial charge in [-0.25, -0.2) is 0 Å². The first-order valence-corrected chi connectivity index (χ1v) is 27.0. The third-order valence-corrected chi connectivity index (χ3v) is 13.2. The largest absolute Gasteiger partial charge is 0.391 e. The molecular formula is C52H82ClN15O12. The molecule has 0 radical (unpaired) electrons. The van der Waals surface area contributed by atoms with Gasteiger partial charge in [0.15, 0.2) is 0 Å². The van der Waals surface area contributed by atoms with Gasteiger partial charge in [-0.1, -0.05) is 67.9 Å². The van der Waals surface area contributed by atoms with Gasteiger partial charge in [-0.15, -0.1) is 0 Å². The molecule has 0 aliphatic carbocycles. The van der Waals surface area contributed by atoms with Gasteiger partial charge in [-0.3, -0.25) is 47.9 Å². The van der Waals surface area contributed by atoms with Crippen molar-refractivity contribution in [1.29, 1.82) is 0 Å². The molecule has 27 nitrogen and oxygen atoms in total. The highest BCUT2D eigenvalue weighted by atomic mass is 35.5. The van der Waals surface area contributed by atoms with Crippen LogP contribution in [-0.2, 0) is 54.4 Å². The molecule has 12 atom stereocenters. The number of benzene rings is 2. The van der Waals surface area contributed by atoms with E-state index in [0.717, 1.165) is 0 Å². The highest BCUT2D eigenvalue weighted by molar-refractivity contribution is 6.30. The summed E-state index contributed by atoms with van der Waals surface area (Å²) in [6, 6.07) is 1.70. The minimum absolute atomic E-state index is 0.0295. The van der Waals surface area contributed by atoms with Gasteiger partial charge in [0.2, 0.25) is 59.1 Å². The lowest BCUT2D eigenvalue weighted by Crippen LogP contribution is -2.62. The smallest absolute Gasteiger partial charge is 0.245 e. The number of aliphatic hydroxyl groups excluding tert-OH is 2. The standard InChI is InChI=1S/C52H82ClN15O12/c1-27(2)21-38-48(76)62-34(13-17-54)44(72)61-36(15-19-56)47(75)68-42(28(3)69)51(79)59-20-16-37(46(74)60-35(14-18-55)45(73)65-39(49(77)64-38)22-30-9-6-5-7-10-30)63-50(78)40(26-58)66-52(80)43(29(4)70)67-41(71)24-32(25-57)31-11-8-12-33(53)23-31/h5-12,23,27-29,32,34-40,42-43,69-70H,13-22,24-26,54-58H2,1-4H3,(H,59,79)(H,60,74)(H,61,72)(H,62,76)(H,63,78)(H,64,77)(H,65,73)(H,66,80)(H,67,71)(H,68,75)/t28-,29-,32-,34?,35+,36+,37?,38+,39-,40+,42+,43+/m1/s1. The van der Waals surface area contributed by atoms with Crippen molar-refractivity contribution in [3.05, 3.63) is 70.7 Å². The molecule has 80 heavy (non-hydrogen) atoms. The van der Waals surface area contributed by atoms with Crippen molar-refractivity contribution in [2.75, 3.05) is 39.3 Å². The molecule has 2 aromatic carbocycles. The molecular weight excluding hydrogens is 1060 g/mol. The summed E-state index contributed by atoms with van der Waals surface area (Å²) >= 11 is 6.14. The van der Waals surface area contributed by atoms with Gasteiger partial charge in [0.25, 0.3) is 0 Å². The van der Waals surface area contributed by atoms with Crippen LogP contribution in [0.2, 0.25) is 5.02 Å². The Labute approximate surface area is 470 Å². The fourth-order valence-corrected chi connectivity index (χ4v) is 8.73. The van der Waals surface area contributed by atoms with Gasteiger partial charge >= 0.3 is 0 Å². The molecule has 1 heterocycles. The number of carbonyl (C=O) groups excluding carboxylic acids is 10. The number of amides is 10. The van der Waals surface area contributed by atoms with Gasteiger partial charge < -0.3 is 92.0 Å². The molecule has 0 bridgehead atoms. The minimum Gasteiger partial charge on any atom is -0.391 e. The third-order valence-electron chi connectivity index (χ3n) is 12.9. The third kappa shape index (κ3) is 22.0. The number of hydrogen-bond donors (Lipinski definition) is 17. The zero-order chi connectivity index (χ0) is 59.6. The highest BCUT2D eigenvalue weighted by Gasteiger charge is 2.37. The van der Waals surface area contributed by atoms with Crippen LogP contribution in [0.4, 0.5) is 0 Å². The van der Waals surface area contributed by atoms with E-state index in [4.69, 9.17) is 40.3 Å². The average Bonchev–Trinajstić information content (AvgIpc) is 3.40. The number of carbonyl (C=O) groups is 10. The monoisotopic (exact) mass is 1140 g/mol. The molecule has 0 spiro atoms. The Bertz CT molecular complexity index is 2400. The number of halogens is 1. The number of nitrogens with two attached hydrogens (primary N) is 5. The SMILES string of the molecule is CC(C)C[C@@H]1NC(=O)[C@@H](Cc2ccccc2)NC(=O)[C@H](CCN)NC(=O)C(NC(=O)[C@H](CN)NC(=O)[C@@H](NC(=O)C[C@H](CN)c2cccc(Cl)c2)[C@@H](C)O)CCNC(=O)[C@H]([C@@H](C)O)NC(=O)[C@H](CCN)NC(=O)C(CCN)NC1=O. The van der Waals surface area contributed by atoms with E-state index in [1.807, 2.05) is 0 Å². The zero-order valence-electron chi connectivity index (χ0n) is 45.6. The highest BCUT2D eigenvalue weighted by Crippen LogP contribution is 2.22. The number of rotatable bonds is 22. The Kier molecular flexibility index (Phi) is 28.9. The summed E-state index contributed by atoms with van der Waals surface area (Å²) in [4.78, 5) is 140. The molecule has 2 aromatic rings. The molecule has 0 aromatic heterocycles. The number of nitrogens with one attached hydrogen (secondary N) is 10. The summed E-state index contributed by atoms with van der Waals surface area (Å²) in [5, 5.41) is 47.1. The molecule has 1 fully saturated rings. The van der Waals surface area contributed by atoms with E-state index < -0.39 is 151 Å². The van der Waals surface area contributed by atoms with Crippen LogP contribution in [-0.4, -0.2) is 175 Å². The van der Waals surface area contributed by atoms with E-state index in [-0.39, 0.29) is 70.6 Å². The van der Waals surface area contributed by atoms with Crippen molar-refractivity contribution in [2.45, 2.75) is 145 Å². The van der Waals surface area contributed by atoms with Crippen LogP contribution < -0.4 is 81.8 Å². The lowest BCUT2D eigenvalue weighted by molar-refractivity contribution is -0.136. The normalized spacial score (nSPS) is 23.2. The molecule has 1 aliphatic rings. The molecule has 2 unspecified atom stereocenters. The maximum atomic E-state index is 14.4. The minimum atomic E-state index is -1.68. The van der Waals surface area contributed by atoms with Gasteiger partial charge in [0.05, 0.1) is 12.2 Å². The van der Waals surface area contributed by atoms with E-state index in [2.05, 4.69) is 53.2 Å². The lowest BCUT2D eigenvalue weighted by atomic mass is 9.95. The summed E-state index contributed by atoms with van der Waals surface area (Å²) in [5.74, 6) is -9.88. The predicted octanol–water partition coefficient (Wildman–Crippen LogP) is -5.29. The summed E-state index contributed by atoms with van der Waals surface area (Å²) < 4.78 is 0. The van der Waals surface area contributed by atoms with Crippen molar-refractivity contribution >= 4 is 70.7 Å². The molecule has 1 saturated heterocycles. The van der Waals surface area contributed by atoms with Crippen LogP contribution in [0.1, 0.15) is 83.3 Å². The first-order valence-electron chi connectivity index (χ1n) is 26.6. The Balaban J connectivity index is 2.07. The summed E-state index contributed by atoms with van der Waals surface area (Å²) in [5.41, 5.74) is 30.8. The Morgan fingerprint density at radius 3 is 1.66 bits per heavy atom. The molecule has 444 valence electrons. The molecule has 22 N–H and O–H groups in total. The van der Waals surface area contributed by atoms with E-state index in [1.54, 1.807) is 68.4 Å². The molecule has 10 amide bonds. The summed E-state index contributed by atoms with van der Waals surface area (Å²) in [6.45, 7) is 4.54. The molecule has 1 aliphatic heterocycles. The van der Waals surface area contributed by atoms with Crippen molar-refractivity contribution in [3.63, 3.8) is 0 Å². The second-order valence-corrected chi connectivity index (χ2v) is 20.4. The van der Waals surface area contributed by atoms with E-state index in [0.29, 0.717) is 16.1 Å².